The molecular formula is C19H17FN2O6. The molecule has 0 unspecified atom stereocenters. The number of benzene rings is 2. The second kappa shape index (κ2) is 8.38. The van der Waals surface area contributed by atoms with Gasteiger partial charge in [0.05, 0.1) is 0 Å². The van der Waals surface area contributed by atoms with Crippen molar-refractivity contribution in [3.63, 3.8) is 0 Å². The van der Waals surface area contributed by atoms with Gasteiger partial charge in [0.15, 0.2) is 17.6 Å². The van der Waals surface area contributed by atoms with Crippen LogP contribution in [0, 0.1) is 5.82 Å². The Hall–Kier alpha value is -3.62. The number of rotatable bonds is 6. The van der Waals surface area contributed by atoms with Gasteiger partial charge in [0.1, 0.15) is 12.4 Å². The van der Waals surface area contributed by atoms with Gasteiger partial charge in [-0.2, -0.15) is 0 Å². The standard InChI is InChI=1S/C19H17FN2O6/c1-11(18(24)22-14-5-3-13(20)4-6-14)28-17(23)9-21-19(25)12-2-7-15-16(8-12)27-10-26-15/h2-8,11H,9-10H2,1H3,(H,21,25)(H,22,24)/t11-/m0/s1. The molecule has 0 spiro atoms. The maximum Gasteiger partial charge on any atom is 0.326 e. The topological polar surface area (TPSA) is 103 Å². The molecule has 0 fully saturated rings. The van der Waals surface area contributed by atoms with Gasteiger partial charge in [-0.3, -0.25) is 14.4 Å². The second-order valence-corrected chi connectivity index (χ2v) is 5.88. The molecule has 2 aromatic rings. The van der Waals surface area contributed by atoms with E-state index in [1.54, 1.807) is 6.07 Å². The first-order valence-corrected chi connectivity index (χ1v) is 8.36. The predicted molar refractivity (Wildman–Crippen MR) is 95.5 cm³/mol. The monoisotopic (exact) mass is 388 g/mol. The summed E-state index contributed by atoms with van der Waals surface area (Å²) in [5.41, 5.74) is 0.657. The van der Waals surface area contributed by atoms with E-state index in [4.69, 9.17) is 14.2 Å². The van der Waals surface area contributed by atoms with E-state index in [1.807, 2.05) is 0 Å². The number of hydrogen-bond acceptors (Lipinski definition) is 6. The van der Waals surface area contributed by atoms with Gasteiger partial charge in [0.25, 0.3) is 11.8 Å². The highest BCUT2D eigenvalue weighted by atomic mass is 19.1. The van der Waals surface area contributed by atoms with Crippen molar-refractivity contribution in [3.05, 3.63) is 53.8 Å². The normalized spacial score (nSPS) is 12.8. The third-order valence-electron chi connectivity index (χ3n) is 3.82. The van der Waals surface area contributed by atoms with E-state index >= 15 is 0 Å². The van der Waals surface area contributed by atoms with Crippen molar-refractivity contribution in [1.29, 1.82) is 0 Å². The van der Waals surface area contributed by atoms with Crippen molar-refractivity contribution in [2.24, 2.45) is 0 Å². The molecule has 0 bridgehead atoms. The Morgan fingerprint density at radius 2 is 1.82 bits per heavy atom. The molecule has 0 aliphatic carbocycles. The molecule has 2 N–H and O–H groups in total. The van der Waals surface area contributed by atoms with Crippen molar-refractivity contribution < 1.29 is 33.0 Å². The molecule has 8 nitrogen and oxygen atoms in total. The Balaban J connectivity index is 1.46. The molecule has 0 saturated carbocycles. The molecule has 0 aromatic heterocycles. The Morgan fingerprint density at radius 3 is 2.57 bits per heavy atom. The average molecular weight is 388 g/mol. The molecule has 28 heavy (non-hydrogen) atoms. The van der Waals surface area contributed by atoms with Crippen LogP contribution in [0.3, 0.4) is 0 Å². The lowest BCUT2D eigenvalue weighted by Gasteiger charge is -2.14. The Bertz CT molecular complexity index is 900. The summed E-state index contributed by atoms with van der Waals surface area (Å²) in [5, 5.41) is 4.90. The molecule has 9 heteroatoms. The van der Waals surface area contributed by atoms with Gasteiger partial charge in [-0.05, 0) is 49.4 Å². The lowest BCUT2D eigenvalue weighted by molar-refractivity contribution is -0.152. The first kappa shape index (κ1) is 19.2. The van der Waals surface area contributed by atoms with Crippen LogP contribution in [0.4, 0.5) is 10.1 Å². The average Bonchev–Trinajstić information content (AvgIpc) is 3.15. The van der Waals surface area contributed by atoms with Crippen LogP contribution in [-0.4, -0.2) is 37.2 Å². The summed E-state index contributed by atoms with van der Waals surface area (Å²) in [6, 6.07) is 9.78. The minimum atomic E-state index is -1.10. The number of halogens is 1. The first-order chi connectivity index (χ1) is 13.4. The number of fused-ring (bicyclic) bond motifs is 1. The van der Waals surface area contributed by atoms with E-state index in [1.165, 1.54) is 43.3 Å². The van der Waals surface area contributed by atoms with Gasteiger partial charge < -0.3 is 24.8 Å². The van der Waals surface area contributed by atoms with Crippen LogP contribution in [0.25, 0.3) is 0 Å². The highest BCUT2D eigenvalue weighted by Crippen LogP contribution is 2.32. The summed E-state index contributed by atoms with van der Waals surface area (Å²) in [6.07, 6.45) is -1.10. The van der Waals surface area contributed by atoms with Crippen molar-refractivity contribution in [2.45, 2.75) is 13.0 Å². The van der Waals surface area contributed by atoms with E-state index < -0.39 is 36.2 Å². The zero-order valence-electron chi connectivity index (χ0n) is 14.9. The van der Waals surface area contributed by atoms with E-state index in [-0.39, 0.29) is 6.79 Å². The van der Waals surface area contributed by atoms with Gasteiger partial charge in [0, 0.05) is 11.3 Å². The van der Waals surface area contributed by atoms with Gasteiger partial charge in [-0.15, -0.1) is 0 Å². The van der Waals surface area contributed by atoms with Crippen LogP contribution in [0.5, 0.6) is 11.5 Å². The number of esters is 1. The number of nitrogens with one attached hydrogen (secondary N) is 2. The number of carbonyl (C=O) groups excluding carboxylic acids is 3. The number of hydrogen-bond donors (Lipinski definition) is 2. The quantitative estimate of drug-likeness (QED) is 0.733. The SMILES string of the molecule is C[C@H](OC(=O)CNC(=O)c1ccc2c(c1)OCO2)C(=O)Nc1ccc(F)cc1. The van der Waals surface area contributed by atoms with Crippen molar-refractivity contribution in [3.8, 4) is 11.5 Å². The molecule has 2 amide bonds. The van der Waals surface area contributed by atoms with Crippen LogP contribution in [0.15, 0.2) is 42.5 Å². The number of amides is 2. The first-order valence-electron chi connectivity index (χ1n) is 8.36. The minimum Gasteiger partial charge on any atom is -0.454 e. The molecule has 0 saturated heterocycles. The van der Waals surface area contributed by atoms with E-state index in [0.717, 1.165) is 0 Å². The van der Waals surface area contributed by atoms with Gasteiger partial charge >= 0.3 is 5.97 Å². The third kappa shape index (κ3) is 4.76. The molecule has 1 heterocycles. The van der Waals surface area contributed by atoms with E-state index in [2.05, 4.69) is 10.6 Å². The Labute approximate surface area is 159 Å². The van der Waals surface area contributed by atoms with Crippen LogP contribution < -0.4 is 20.1 Å². The molecule has 1 aliphatic heterocycles. The zero-order chi connectivity index (χ0) is 20.1. The van der Waals surface area contributed by atoms with Crippen molar-refractivity contribution in [2.75, 3.05) is 18.7 Å². The smallest absolute Gasteiger partial charge is 0.326 e. The highest BCUT2D eigenvalue weighted by molar-refractivity contribution is 5.97. The number of carbonyl (C=O) groups is 3. The van der Waals surface area contributed by atoms with Gasteiger partial charge in [0.2, 0.25) is 6.79 Å². The minimum absolute atomic E-state index is 0.0879. The number of anilines is 1. The summed E-state index contributed by atoms with van der Waals surface area (Å²) in [6.45, 7) is 1.06. The lowest BCUT2D eigenvalue weighted by atomic mass is 10.2. The molecule has 1 atom stereocenters. The molecular weight excluding hydrogens is 371 g/mol. The van der Waals surface area contributed by atoms with Crippen LogP contribution in [0.1, 0.15) is 17.3 Å². The lowest BCUT2D eigenvalue weighted by Crippen LogP contribution is -2.35. The predicted octanol–water partition coefficient (Wildman–Crippen LogP) is 1.85. The third-order valence-corrected chi connectivity index (χ3v) is 3.82. The fourth-order valence-corrected chi connectivity index (χ4v) is 2.36. The molecule has 2 aromatic carbocycles. The van der Waals surface area contributed by atoms with Crippen LogP contribution in [-0.2, 0) is 14.3 Å². The highest BCUT2D eigenvalue weighted by Gasteiger charge is 2.20. The summed E-state index contributed by atoms with van der Waals surface area (Å²) < 4.78 is 28.2. The van der Waals surface area contributed by atoms with Crippen molar-refractivity contribution in [1.82, 2.24) is 5.32 Å². The Morgan fingerprint density at radius 1 is 1.11 bits per heavy atom. The largest absolute Gasteiger partial charge is 0.454 e. The van der Waals surface area contributed by atoms with Gasteiger partial charge in [-0.1, -0.05) is 0 Å². The van der Waals surface area contributed by atoms with Crippen molar-refractivity contribution >= 4 is 23.5 Å². The van der Waals surface area contributed by atoms with Crippen LogP contribution >= 0.6 is 0 Å². The fourth-order valence-electron chi connectivity index (χ4n) is 2.36. The number of ether oxygens (including phenoxy) is 3. The fraction of sp³-hybridized carbons (Fsp3) is 0.211. The Kier molecular flexibility index (Phi) is 5.73. The summed E-state index contributed by atoms with van der Waals surface area (Å²) in [4.78, 5) is 36.0. The van der Waals surface area contributed by atoms with Crippen LogP contribution in [0.2, 0.25) is 0 Å². The molecule has 1 aliphatic rings. The molecule has 0 radical (unpaired) electrons. The van der Waals surface area contributed by atoms with E-state index in [9.17, 15) is 18.8 Å². The molecule has 3 rings (SSSR count). The molecule has 146 valence electrons. The zero-order valence-corrected chi connectivity index (χ0v) is 14.9. The maximum atomic E-state index is 12.9. The van der Waals surface area contributed by atoms with E-state index in [0.29, 0.717) is 22.7 Å². The summed E-state index contributed by atoms with van der Waals surface area (Å²) in [5.74, 6) is -1.31. The second-order valence-electron chi connectivity index (χ2n) is 5.88. The summed E-state index contributed by atoms with van der Waals surface area (Å²) in [7, 11) is 0. The summed E-state index contributed by atoms with van der Waals surface area (Å²) >= 11 is 0. The van der Waals surface area contributed by atoms with Gasteiger partial charge in [-0.25, -0.2) is 4.39 Å². The maximum absolute atomic E-state index is 12.9.